The van der Waals surface area contributed by atoms with Crippen molar-refractivity contribution in [3.05, 3.63) is 137 Å². The van der Waals surface area contributed by atoms with Crippen LogP contribution in [0.1, 0.15) is 90.0 Å². The predicted octanol–water partition coefficient (Wildman–Crippen LogP) is 10.7. The number of Topliss-reactive ketones (excluding diaryl/α,β-unsaturated/α-hetero) is 2. The zero-order valence-electron chi connectivity index (χ0n) is 38.2. The Kier molecular flexibility index (Phi) is 13.0. The van der Waals surface area contributed by atoms with Crippen LogP contribution in [-0.4, -0.2) is 78.1 Å². The Morgan fingerprint density at radius 2 is 1.53 bits per heavy atom. The number of nitrogens with zero attached hydrogens (tertiary/aromatic N) is 3. The summed E-state index contributed by atoms with van der Waals surface area (Å²) in [5.74, 6) is -4.27. The summed E-state index contributed by atoms with van der Waals surface area (Å²) in [5, 5.41) is 16.6. The van der Waals surface area contributed by atoms with E-state index in [9.17, 15) is 18.3 Å². The molecule has 3 aromatic carbocycles. The van der Waals surface area contributed by atoms with E-state index in [1.807, 2.05) is 99.4 Å². The Balaban J connectivity index is 1.36. The van der Waals surface area contributed by atoms with Crippen LogP contribution in [0.3, 0.4) is 0 Å². The molecular weight excluding hydrogens is 868 g/mol. The highest BCUT2D eigenvalue weighted by atomic mass is 28.4. The van der Waals surface area contributed by atoms with Crippen molar-refractivity contribution in [2.24, 2.45) is 11.8 Å². The number of aliphatic hydroxyl groups is 1. The molecule has 0 radical (unpaired) electrons. The minimum Gasteiger partial charge on any atom is -0.507 e. The lowest BCUT2D eigenvalue weighted by molar-refractivity contribution is -0.275. The third-order valence-corrected chi connectivity index (χ3v) is 18.4. The van der Waals surface area contributed by atoms with Crippen LogP contribution in [0.4, 0.5) is 13.2 Å². The van der Waals surface area contributed by atoms with Crippen molar-refractivity contribution in [2.45, 2.75) is 102 Å². The lowest BCUT2D eigenvalue weighted by atomic mass is 9.57. The average Bonchev–Trinajstić information content (AvgIpc) is 3.94. The maximum atomic E-state index is 16.2. The van der Waals surface area contributed by atoms with Gasteiger partial charge >= 0.3 is 6.36 Å². The van der Waals surface area contributed by atoms with E-state index in [1.165, 1.54) is 6.07 Å². The predicted molar refractivity (Wildman–Crippen MR) is 246 cm³/mol. The number of halogens is 3. The Hall–Kier alpha value is -5.48. The van der Waals surface area contributed by atoms with Crippen molar-refractivity contribution in [1.29, 1.82) is 0 Å². The molecule has 1 aromatic heterocycles. The van der Waals surface area contributed by atoms with E-state index in [1.54, 1.807) is 12.2 Å². The number of carbonyl (C=O) groups excluding carboxylic acids is 2. The number of aliphatic hydroxyl groups excluding tert-OH is 1. The second-order valence-electron chi connectivity index (χ2n) is 19.3. The molecule has 8 rings (SSSR count). The zero-order chi connectivity index (χ0) is 47.2. The number of ether oxygens (including phenoxy) is 3. The van der Waals surface area contributed by atoms with Crippen LogP contribution in [0.25, 0.3) is 5.76 Å². The minimum atomic E-state index is -5.09. The topological polar surface area (TPSA) is 124 Å². The lowest BCUT2D eigenvalue weighted by Crippen LogP contribution is -2.68. The van der Waals surface area contributed by atoms with Gasteiger partial charge in [0.15, 0.2) is 19.7 Å². The van der Waals surface area contributed by atoms with E-state index in [0.717, 1.165) is 24.0 Å². The minimum absolute atomic E-state index is 0.0149. The fourth-order valence-corrected chi connectivity index (χ4v) is 11.3. The van der Waals surface area contributed by atoms with Gasteiger partial charge in [0.1, 0.15) is 36.0 Å². The number of likely N-dealkylation sites (tertiary alicyclic amines) is 1. The summed E-state index contributed by atoms with van der Waals surface area (Å²) < 4.78 is 74.9. The first-order valence-corrected chi connectivity index (χ1v) is 25.5. The maximum absolute atomic E-state index is 16.2. The molecule has 66 heavy (non-hydrogen) atoms. The molecule has 0 bridgehead atoms. The third kappa shape index (κ3) is 8.78. The van der Waals surface area contributed by atoms with Gasteiger partial charge in [-0.2, -0.15) is 0 Å². The summed E-state index contributed by atoms with van der Waals surface area (Å²) in [6, 6.07) is 19.2. The average molecular weight is 926 g/mol. The third-order valence-electron chi connectivity index (χ3n) is 13.9. The van der Waals surface area contributed by atoms with Gasteiger partial charge < -0.3 is 28.3 Å². The van der Waals surface area contributed by atoms with Crippen LogP contribution in [0.2, 0.25) is 18.1 Å². The summed E-state index contributed by atoms with van der Waals surface area (Å²) in [7, 11) is -3.13. The quantitative estimate of drug-likeness (QED) is 0.0656. The van der Waals surface area contributed by atoms with Gasteiger partial charge in [-0.15, -0.1) is 26.3 Å². The largest absolute Gasteiger partial charge is 0.573 e. The number of rotatable bonds is 16. The lowest BCUT2D eigenvalue weighted by Gasteiger charge is -2.55. The molecule has 0 amide bonds. The molecule has 350 valence electrons. The molecule has 3 aliphatic carbocycles. The van der Waals surface area contributed by atoms with Crippen LogP contribution in [-0.2, 0) is 35.4 Å². The van der Waals surface area contributed by atoms with Crippen molar-refractivity contribution >= 4 is 25.6 Å². The fourth-order valence-electron chi connectivity index (χ4n) is 9.90. The Labute approximate surface area is 385 Å². The molecule has 1 unspecified atom stereocenters. The molecule has 1 N–H and O–H groups in total. The Morgan fingerprint density at radius 3 is 2.11 bits per heavy atom. The Bertz CT molecular complexity index is 2500. The molecular formula is C51H58F3N3O8Si. The van der Waals surface area contributed by atoms with Gasteiger partial charge in [0.05, 0.1) is 11.6 Å². The molecule has 4 aromatic rings. The van der Waals surface area contributed by atoms with Crippen LogP contribution < -0.4 is 14.2 Å². The first-order valence-electron chi connectivity index (χ1n) is 22.6. The van der Waals surface area contributed by atoms with E-state index >= 15 is 9.59 Å². The van der Waals surface area contributed by atoms with Gasteiger partial charge in [0.25, 0.3) is 5.88 Å². The first kappa shape index (κ1) is 47.0. The number of alkyl halides is 3. The van der Waals surface area contributed by atoms with Gasteiger partial charge in [0, 0.05) is 42.3 Å². The standard InChI is InChI=1S/C51H58F3N3O8Si/c1-8-22-57(23-9-2)42-37-27-34-26-36-40(38(61-30-32-18-12-10-13-19-32)28-35(29-56-24-16-17-25-56)44(36)63-51(52,53)54)43(58)39(34)46(59)50(37,65-66(6,7)49(3,4)5)47(60)41-45(42)64-55-48(41)62-31-33-20-14-11-15-21-33/h8-15,18-21,28,34,37,42,58H,1-2,16-17,22-27,29-31H2,3-7H3/t34-,37-,42-,50?/m0/s1. The number of fused-ring (bicyclic) bond motifs is 4. The summed E-state index contributed by atoms with van der Waals surface area (Å²) >= 11 is 0. The maximum Gasteiger partial charge on any atom is 0.573 e. The van der Waals surface area contributed by atoms with Gasteiger partial charge in [-0.05, 0) is 85.2 Å². The summed E-state index contributed by atoms with van der Waals surface area (Å²) in [6.45, 7) is 20.0. The number of hydrogen-bond acceptors (Lipinski definition) is 11. The van der Waals surface area contributed by atoms with Crippen molar-refractivity contribution in [2.75, 3.05) is 26.2 Å². The highest BCUT2D eigenvalue weighted by Gasteiger charge is 2.69. The van der Waals surface area contributed by atoms with E-state index in [2.05, 4.69) is 23.2 Å². The second-order valence-corrected chi connectivity index (χ2v) is 24.0. The molecule has 15 heteroatoms. The molecule has 1 saturated heterocycles. The van der Waals surface area contributed by atoms with Crippen LogP contribution in [0.15, 0.2) is 102 Å². The van der Waals surface area contributed by atoms with Crippen LogP contribution in [0, 0.1) is 11.8 Å². The molecule has 2 fully saturated rings. The zero-order valence-corrected chi connectivity index (χ0v) is 39.2. The fraction of sp³-hybridized carbons (Fsp3) is 0.431. The summed E-state index contributed by atoms with van der Waals surface area (Å²) in [4.78, 5) is 36.1. The molecule has 4 atom stereocenters. The Morgan fingerprint density at radius 1 is 0.924 bits per heavy atom. The van der Waals surface area contributed by atoms with Gasteiger partial charge in [-0.25, -0.2) is 0 Å². The molecule has 0 spiro atoms. The number of hydrogen-bond donors (Lipinski definition) is 1. The number of aromatic nitrogens is 1. The molecule has 4 aliphatic rings. The normalized spacial score (nSPS) is 22.1. The van der Waals surface area contributed by atoms with Gasteiger partial charge in [-0.1, -0.05) is 93.6 Å². The van der Waals surface area contributed by atoms with E-state index in [4.69, 9.17) is 23.2 Å². The highest BCUT2D eigenvalue weighted by Crippen LogP contribution is 2.60. The van der Waals surface area contributed by atoms with Crippen molar-refractivity contribution in [1.82, 2.24) is 15.0 Å². The molecule has 1 aliphatic heterocycles. The number of benzene rings is 3. The smallest absolute Gasteiger partial charge is 0.507 e. The van der Waals surface area contributed by atoms with Gasteiger partial charge in [0.2, 0.25) is 11.6 Å². The first-order chi connectivity index (χ1) is 31.4. The van der Waals surface area contributed by atoms with Crippen molar-refractivity contribution in [3.63, 3.8) is 0 Å². The number of ketones is 2. The van der Waals surface area contributed by atoms with Crippen molar-refractivity contribution in [3.8, 4) is 17.4 Å². The molecule has 2 heterocycles. The van der Waals surface area contributed by atoms with E-state index in [-0.39, 0.29) is 90.9 Å². The SMILES string of the molecule is C=CCN(CC=C)[C@@H]1c2onc(OCc3ccccc3)c2C(=O)C2(O[Si](C)(C)C(C)(C)C)C(=O)C3=C(O)c4c(OCc5ccccc5)cc(CN5CCCC5)c(OC(F)(F)F)c4C[C@H]3C[C@@H]12. The van der Waals surface area contributed by atoms with Crippen molar-refractivity contribution < 1.29 is 51.0 Å². The second kappa shape index (κ2) is 18.3. The van der Waals surface area contributed by atoms with Crippen LogP contribution in [0.5, 0.6) is 17.4 Å². The monoisotopic (exact) mass is 925 g/mol. The summed E-state index contributed by atoms with van der Waals surface area (Å²) in [6.07, 6.45) is -0.0354. The van der Waals surface area contributed by atoms with E-state index in [0.29, 0.717) is 13.1 Å². The highest BCUT2D eigenvalue weighted by molar-refractivity contribution is 6.74. The van der Waals surface area contributed by atoms with Gasteiger partial charge in [-0.3, -0.25) is 19.4 Å². The van der Waals surface area contributed by atoms with E-state index < -0.39 is 66.3 Å². The molecule has 1 saturated carbocycles. The summed E-state index contributed by atoms with van der Waals surface area (Å²) in [5.41, 5.74) is -0.638. The van der Waals surface area contributed by atoms with Crippen LogP contribution >= 0.6 is 0 Å². The number of carbonyl (C=O) groups is 2. The molecule has 11 nitrogen and oxygen atoms in total.